The summed E-state index contributed by atoms with van der Waals surface area (Å²) in [6.07, 6.45) is 0.544. The molecule has 0 amide bonds. The molecule has 0 bridgehead atoms. The summed E-state index contributed by atoms with van der Waals surface area (Å²) >= 11 is 3.40. The third-order valence-electron chi connectivity index (χ3n) is 2.06. The van der Waals surface area contributed by atoms with Crippen LogP contribution < -0.4 is 4.90 Å². The zero-order valence-corrected chi connectivity index (χ0v) is 10.3. The summed E-state index contributed by atoms with van der Waals surface area (Å²) in [5.74, 6) is 0.182. The molecule has 0 atom stereocenters. The van der Waals surface area contributed by atoms with E-state index in [1.807, 2.05) is 44.1 Å². The highest BCUT2D eigenvalue weighted by atomic mass is 79.9. The average Bonchev–Trinajstić information content (AvgIpc) is 2.16. The van der Waals surface area contributed by atoms with Crippen LogP contribution in [-0.2, 0) is 0 Å². The lowest BCUT2D eigenvalue weighted by Gasteiger charge is -2.16. The molecule has 0 aliphatic carbocycles. The van der Waals surface area contributed by atoms with Gasteiger partial charge in [0.1, 0.15) is 0 Å². The lowest BCUT2D eigenvalue weighted by molar-refractivity contribution is 0.0988. The van der Waals surface area contributed by atoms with E-state index in [1.54, 1.807) is 0 Å². The molecule has 1 aromatic carbocycles. The van der Waals surface area contributed by atoms with Crippen molar-refractivity contribution < 1.29 is 4.79 Å². The first-order valence-corrected chi connectivity index (χ1v) is 5.35. The van der Waals surface area contributed by atoms with Gasteiger partial charge in [-0.05, 0) is 18.2 Å². The summed E-state index contributed by atoms with van der Waals surface area (Å²) in [7, 11) is 3.88. The number of rotatable bonds is 3. The van der Waals surface area contributed by atoms with Crippen molar-refractivity contribution in [1.82, 2.24) is 0 Å². The van der Waals surface area contributed by atoms with Gasteiger partial charge in [0.2, 0.25) is 0 Å². The fourth-order valence-electron chi connectivity index (χ4n) is 1.30. The van der Waals surface area contributed by atoms with E-state index in [1.165, 1.54) is 0 Å². The Balaban J connectivity index is 3.21. The van der Waals surface area contributed by atoms with Gasteiger partial charge in [0.05, 0.1) is 0 Å². The highest BCUT2D eigenvalue weighted by molar-refractivity contribution is 9.10. The van der Waals surface area contributed by atoms with E-state index < -0.39 is 0 Å². The molecule has 14 heavy (non-hydrogen) atoms. The Morgan fingerprint density at radius 1 is 1.43 bits per heavy atom. The third-order valence-corrected chi connectivity index (χ3v) is 2.56. The van der Waals surface area contributed by atoms with Gasteiger partial charge >= 0.3 is 0 Å². The van der Waals surface area contributed by atoms with E-state index >= 15 is 0 Å². The number of anilines is 1. The van der Waals surface area contributed by atoms with Gasteiger partial charge in [0, 0.05) is 36.2 Å². The standard InChI is InChI=1S/C11H14BrNO/c1-4-11(14)9-6-5-8(12)7-10(9)13(2)3/h5-7H,4H2,1-3H3. The molecule has 0 spiro atoms. The lowest BCUT2D eigenvalue weighted by atomic mass is 10.1. The minimum atomic E-state index is 0.182. The molecule has 0 radical (unpaired) electrons. The van der Waals surface area contributed by atoms with Gasteiger partial charge in [-0.2, -0.15) is 0 Å². The van der Waals surface area contributed by atoms with Crippen molar-refractivity contribution in [2.75, 3.05) is 19.0 Å². The van der Waals surface area contributed by atoms with Crippen LogP contribution in [0.2, 0.25) is 0 Å². The number of benzene rings is 1. The quantitative estimate of drug-likeness (QED) is 0.774. The predicted molar refractivity (Wildman–Crippen MR) is 63.1 cm³/mol. The second-order valence-electron chi connectivity index (χ2n) is 3.33. The maximum absolute atomic E-state index is 11.6. The summed E-state index contributed by atoms with van der Waals surface area (Å²) in [5, 5.41) is 0. The second-order valence-corrected chi connectivity index (χ2v) is 4.25. The van der Waals surface area contributed by atoms with Gasteiger partial charge in [-0.25, -0.2) is 0 Å². The van der Waals surface area contributed by atoms with Crippen LogP contribution in [0.15, 0.2) is 22.7 Å². The van der Waals surface area contributed by atoms with Gasteiger partial charge in [-0.3, -0.25) is 4.79 Å². The summed E-state index contributed by atoms with van der Waals surface area (Å²) in [4.78, 5) is 13.6. The molecule has 0 saturated heterocycles. The monoisotopic (exact) mass is 255 g/mol. The van der Waals surface area contributed by atoms with E-state index in [0.29, 0.717) is 6.42 Å². The van der Waals surface area contributed by atoms with E-state index in [9.17, 15) is 4.79 Å². The van der Waals surface area contributed by atoms with Crippen LogP contribution in [0.25, 0.3) is 0 Å². The highest BCUT2D eigenvalue weighted by Gasteiger charge is 2.10. The number of hydrogen-bond donors (Lipinski definition) is 0. The Morgan fingerprint density at radius 2 is 2.07 bits per heavy atom. The van der Waals surface area contributed by atoms with Crippen LogP contribution in [-0.4, -0.2) is 19.9 Å². The molecule has 3 heteroatoms. The van der Waals surface area contributed by atoms with Crippen LogP contribution in [0.3, 0.4) is 0 Å². The number of Topliss-reactive ketones (excluding diaryl/α,β-unsaturated/α-hetero) is 1. The first kappa shape index (κ1) is 11.2. The number of ketones is 1. The van der Waals surface area contributed by atoms with Crippen molar-refractivity contribution in [3.63, 3.8) is 0 Å². The molecule has 0 heterocycles. The number of carbonyl (C=O) groups is 1. The van der Waals surface area contributed by atoms with Crippen molar-refractivity contribution >= 4 is 27.4 Å². The van der Waals surface area contributed by atoms with Crippen molar-refractivity contribution in [3.8, 4) is 0 Å². The Morgan fingerprint density at radius 3 is 2.57 bits per heavy atom. The fourth-order valence-corrected chi connectivity index (χ4v) is 1.65. The molecule has 0 N–H and O–H groups in total. The van der Waals surface area contributed by atoms with Gasteiger partial charge in [-0.15, -0.1) is 0 Å². The fraction of sp³-hybridized carbons (Fsp3) is 0.364. The van der Waals surface area contributed by atoms with Crippen LogP contribution in [0.5, 0.6) is 0 Å². The normalized spacial score (nSPS) is 10.0. The van der Waals surface area contributed by atoms with E-state index in [4.69, 9.17) is 0 Å². The molecule has 1 aromatic rings. The molecule has 0 aliphatic rings. The predicted octanol–water partition coefficient (Wildman–Crippen LogP) is 3.11. The maximum atomic E-state index is 11.6. The Kier molecular flexibility index (Phi) is 3.69. The number of hydrogen-bond acceptors (Lipinski definition) is 2. The largest absolute Gasteiger partial charge is 0.377 e. The van der Waals surface area contributed by atoms with Gasteiger partial charge in [0.15, 0.2) is 5.78 Å². The lowest BCUT2D eigenvalue weighted by Crippen LogP contribution is -2.13. The van der Waals surface area contributed by atoms with E-state index in [2.05, 4.69) is 15.9 Å². The summed E-state index contributed by atoms with van der Waals surface area (Å²) in [6.45, 7) is 1.88. The smallest absolute Gasteiger partial charge is 0.164 e. The topological polar surface area (TPSA) is 20.3 Å². The highest BCUT2D eigenvalue weighted by Crippen LogP contribution is 2.24. The molecule has 0 aromatic heterocycles. The summed E-state index contributed by atoms with van der Waals surface area (Å²) in [5.41, 5.74) is 1.76. The number of carbonyl (C=O) groups excluding carboxylic acids is 1. The van der Waals surface area contributed by atoms with Crippen molar-refractivity contribution in [1.29, 1.82) is 0 Å². The molecular formula is C11H14BrNO. The van der Waals surface area contributed by atoms with Crippen molar-refractivity contribution in [2.24, 2.45) is 0 Å². The van der Waals surface area contributed by atoms with E-state index in [0.717, 1.165) is 15.7 Å². The molecular weight excluding hydrogens is 242 g/mol. The van der Waals surface area contributed by atoms with Crippen molar-refractivity contribution in [3.05, 3.63) is 28.2 Å². The van der Waals surface area contributed by atoms with Crippen molar-refractivity contribution in [2.45, 2.75) is 13.3 Å². The molecule has 0 fully saturated rings. The molecule has 76 valence electrons. The maximum Gasteiger partial charge on any atom is 0.164 e. The minimum Gasteiger partial charge on any atom is -0.377 e. The average molecular weight is 256 g/mol. The van der Waals surface area contributed by atoms with Gasteiger partial charge in [0.25, 0.3) is 0 Å². The Bertz CT molecular complexity index is 347. The molecule has 1 rings (SSSR count). The summed E-state index contributed by atoms with van der Waals surface area (Å²) in [6, 6.07) is 5.73. The third kappa shape index (κ3) is 2.35. The molecule has 0 aliphatic heterocycles. The Hall–Kier alpha value is -0.830. The molecule has 2 nitrogen and oxygen atoms in total. The van der Waals surface area contributed by atoms with Crippen LogP contribution in [0, 0.1) is 0 Å². The van der Waals surface area contributed by atoms with Gasteiger partial charge in [-0.1, -0.05) is 22.9 Å². The Labute approximate surface area is 93.0 Å². The van der Waals surface area contributed by atoms with Crippen LogP contribution in [0.4, 0.5) is 5.69 Å². The number of halogens is 1. The van der Waals surface area contributed by atoms with Crippen LogP contribution >= 0.6 is 15.9 Å². The zero-order chi connectivity index (χ0) is 10.7. The zero-order valence-electron chi connectivity index (χ0n) is 8.67. The second kappa shape index (κ2) is 4.60. The summed E-state index contributed by atoms with van der Waals surface area (Å²) < 4.78 is 0.994. The number of nitrogens with zero attached hydrogens (tertiary/aromatic N) is 1. The minimum absolute atomic E-state index is 0.182. The first-order chi connectivity index (χ1) is 6.56. The molecule has 0 unspecified atom stereocenters. The van der Waals surface area contributed by atoms with Gasteiger partial charge < -0.3 is 4.90 Å². The molecule has 0 saturated carbocycles. The SMILES string of the molecule is CCC(=O)c1ccc(Br)cc1N(C)C. The van der Waals surface area contributed by atoms with Crippen LogP contribution in [0.1, 0.15) is 23.7 Å². The first-order valence-electron chi connectivity index (χ1n) is 4.56. The van der Waals surface area contributed by atoms with E-state index in [-0.39, 0.29) is 5.78 Å².